The molecule has 1 N–H and O–H groups in total. The van der Waals surface area contributed by atoms with E-state index in [1.807, 2.05) is 11.8 Å². The van der Waals surface area contributed by atoms with Gasteiger partial charge in [-0.2, -0.15) is 11.8 Å². The van der Waals surface area contributed by atoms with Crippen LogP contribution in [0.2, 0.25) is 0 Å². The number of thioether (sulfide) groups is 1. The second kappa shape index (κ2) is 4.98. The van der Waals surface area contributed by atoms with Crippen molar-refractivity contribution >= 4 is 50.9 Å². The van der Waals surface area contributed by atoms with Gasteiger partial charge in [-0.3, -0.25) is 0 Å². The zero-order valence-corrected chi connectivity index (χ0v) is 12.8. The van der Waals surface area contributed by atoms with Gasteiger partial charge in [-0.1, -0.05) is 0 Å². The molecule has 1 unspecified atom stereocenters. The molecule has 1 fully saturated rings. The predicted molar refractivity (Wildman–Crippen MR) is 80.2 cm³/mol. The van der Waals surface area contributed by atoms with E-state index >= 15 is 0 Å². The fourth-order valence-electron chi connectivity index (χ4n) is 2.32. The second-order valence-corrected chi connectivity index (χ2v) is 6.94. The van der Waals surface area contributed by atoms with Crippen molar-refractivity contribution in [1.82, 2.24) is 9.55 Å². The third-order valence-corrected chi connectivity index (χ3v) is 5.44. The molecule has 6 heteroatoms. The minimum absolute atomic E-state index is 0.262. The molecule has 96 valence electrons. The van der Waals surface area contributed by atoms with Crippen molar-refractivity contribution in [1.29, 1.82) is 0 Å². The Labute approximate surface area is 122 Å². The third-order valence-electron chi connectivity index (χ3n) is 3.28. The molecule has 0 aliphatic carbocycles. The number of benzene rings is 1. The number of hydrogen-bond donors (Lipinski definition) is 1. The van der Waals surface area contributed by atoms with Crippen LogP contribution in [-0.4, -0.2) is 21.1 Å². The molecule has 2 nitrogen and oxygen atoms in total. The highest BCUT2D eigenvalue weighted by molar-refractivity contribution is 9.10. The molecule has 2 aromatic rings. The maximum Gasteiger partial charge on any atom is 0.178 e. The highest BCUT2D eigenvalue weighted by atomic mass is 79.9. The largest absolute Gasteiger partial charge is 0.330 e. The average molecular weight is 347 g/mol. The minimum Gasteiger partial charge on any atom is -0.330 e. The lowest BCUT2D eigenvalue weighted by atomic mass is 10.1. The highest BCUT2D eigenvalue weighted by Crippen LogP contribution is 2.28. The summed E-state index contributed by atoms with van der Waals surface area (Å²) in [6, 6.07) is 3.30. The van der Waals surface area contributed by atoms with E-state index in [1.54, 1.807) is 6.07 Å². The van der Waals surface area contributed by atoms with E-state index < -0.39 is 0 Å². The number of imidazole rings is 1. The van der Waals surface area contributed by atoms with Gasteiger partial charge in [-0.15, -0.1) is 0 Å². The maximum absolute atomic E-state index is 13.5. The summed E-state index contributed by atoms with van der Waals surface area (Å²) in [4.78, 5) is 3.08. The lowest BCUT2D eigenvalue weighted by Gasteiger charge is -2.10. The number of fused-ring (bicyclic) bond motifs is 1. The molecule has 3 rings (SSSR count). The number of nitrogens with zero attached hydrogens (tertiary/aromatic N) is 1. The van der Waals surface area contributed by atoms with Crippen molar-refractivity contribution < 1.29 is 4.39 Å². The SMILES string of the molecule is Fc1cc2[nH]c(=S)n(CC3CCSC3)c2cc1Br. The van der Waals surface area contributed by atoms with Crippen LogP contribution in [0.15, 0.2) is 16.6 Å². The van der Waals surface area contributed by atoms with E-state index in [0.717, 1.165) is 17.6 Å². The van der Waals surface area contributed by atoms with Crippen LogP contribution in [0.4, 0.5) is 4.39 Å². The summed E-state index contributed by atoms with van der Waals surface area (Å²) in [5.74, 6) is 2.84. The van der Waals surface area contributed by atoms with E-state index in [2.05, 4.69) is 25.5 Å². The predicted octanol–water partition coefficient (Wildman–Crippen LogP) is 4.35. The summed E-state index contributed by atoms with van der Waals surface area (Å²) < 4.78 is 16.7. The normalized spacial score (nSPS) is 19.8. The lowest BCUT2D eigenvalue weighted by molar-refractivity contribution is 0.497. The van der Waals surface area contributed by atoms with E-state index in [1.165, 1.54) is 24.0 Å². The first-order valence-corrected chi connectivity index (χ1v) is 8.16. The van der Waals surface area contributed by atoms with Crippen LogP contribution in [0.25, 0.3) is 11.0 Å². The van der Waals surface area contributed by atoms with Crippen molar-refractivity contribution in [3.63, 3.8) is 0 Å². The van der Waals surface area contributed by atoms with E-state index in [4.69, 9.17) is 12.2 Å². The van der Waals surface area contributed by atoms with Gasteiger partial charge in [-0.05, 0) is 58.1 Å². The van der Waals surface area contributed by atoms with E-state index in [9.17, 15) is 4.39 Å². The Morgan fingerprint density at radius 2 is 2.39 bits per heavy atom. The summed E-state index contributed by atoms with van der Waals surface area (Å²) in [5.41, 5.74) is 1.75. The fourth-order valence-corrected chi connectivity index (χ4v) is 4.20. The van der Waals surface area contributed by atoms with Crippen LogP contribution in [0, 0.1) is 16.5 Å². The van der Waals surface area contributed by atoms with Gasteiger partial charge in [0, 0.05) is 12.6 Å². The van der Waals surface area contributed by atoms with Gasteiger partial charge >= 0.3 is 0 Å². The van der Waals surface area contributed by atoms with Gasteiger partial charge in [0.05, 0.1) is 15.5 Å². The van der Waals surface area contributed by atoms with Crippen LogP contribution in [0.1, 0.15) is 6.42 Å². The Morgan fingerprint density at radius 3 is 3.11 bits per heavy atom. The maximum atomic E-state index is 13.5. The van der Waals surface area contributed by atoms with Gasteiger partial charge in [0.2, 0.25) is 0 Å². The van der Waals surface area contributed by atoms with Gasteiger partial charge in [-0.25, -0.2) is 4.39 Å². The zero-order valence-electron chi connectivity index (χ0n) is 9.58. The molecule has 0 amide bonds. The molecule has 1 aromatic carbocycles. The van der Waals surface area contributed by atoms with Crippen LogP contribution < -0.4 is 0 Å². The molecule has 1 aliphatic heterocycles. The number of rotatable bonds is 2. The van der Waals surface area contributed by atoms with Gasteiger partial charge < -0.3 is 9.55 Å². The molecule has 0 spiro atoms. The summed E-state index contributed by atoms with van der Waals surface area (Å²) in [7, 11) is 0. The van der Waals surface area contributed by atoms with Crippen molar-refractivity contribution in [2.24, 2.45) is 5.92 Å². The quantitative estimate of drug-likeness (QED) is 0.815. The third kappa shape index (κ3) is 2.26. The standard InChI is InChI=1S/C12H12BrFN2S2/c13-8-3-11-10(4-9(8)14)15-12(17)16(11)5-7-1-2-18-6-7/h3-4,7H,1-2,5-6H2,(H,15,17). The Bertz CT molecular complexity index is 643. The van der Waals surface area contributed by atoms with Gasteiger partial charge in [0.25, 0.3) is 0 Å². The fraction of sp³-hybridized carbons (Fsp3) is 0.417. The first-order valence-electron chi connectivity index (χ1n) is 5.80. The van der Waals surface area contributed by atoms with Crippen LogP contribution in [0.3, 0.4) is 0 Å². The number of halogens is 2. The monoisotopic (exact) mass is 346 g/mol. The summed E-state index contributed by atoms with van der Waals surface area (Å²) in [5, 5.41) is 0. The molecule has 2 heterocycles. The lowest BCUT2D eigenvalue weighted by Crippen LogP contribution is -2.09. The Kier molecular flexibility index (Phi) is 3.51. The number of H-pyrrole nitrogens is 1. The van der Waals surface area contributed by atoms with Crippen molar-refractivity contribution in [2.75, 3.05) is 11.5 Å². The minimum atomic E-state index is -0.262. The smallest absolute Gasteiger partial charge is 0.178 e. The molecule has 0 radical (unpaired) electrons. The van der Waals surface area contributed by atoms with E-state index in [0.29, 0.717) is 15.2 Å². The Balaban J connectivity index is 2.07. The molecule has 18 heavy (non-hydrogen) atoms. The highest BCUT2D eigenvalue weighted by Gasteiger charge is 2.18. The molecular weight excluding hydrogens is 335 g/mol. The molecule has 0 saturated carbocycles. The van der Waals surface area contributed by atoms with Crippen molar-refractivity contribution in [3.8, 4) is 0 Å². The second-order valence-electron chi connectivity index (χ2n) is 4.55. The molecule has 1 aromatic heterocycles. The zero-order chi connectivity index (χ0) is 12.7. The van der Waals surface area contributed by atoms with Gasteiger partial charge in [0.15, 0.2) is 4.77 Å². The van der Waals surface area contributed by atoms with Crippen molar-refractivity contribution in [3.05, 3.63) is 27.2 Å². The van der Waals surface area contributed by atoms with E-state index in [-0.39, 0.29) is 5.82 Å². The number of hydrogen-bond acceptors (Lipinski definition) is 2. The average Bonchev–Trinajstić information content (AvgIpc) is 2.92. The molecule has 1 saturated heterocycles. The molecule has 1 aliphatic rings. The number of aromatic nitrogens is 2. The van der Waals surface area contributed by atoms with Gasteiger partial charge in [0.1, 0.15) is 5.82 Å². The van der Waals surface area contributed by atoms with Crippen LogP contribution >= 0.6 is 39.9 Å². The summed E-state index contributed by atoms with van der Waals surface area (Å²) in [6.45, 7) is 0.921. The van der Waals surface area contributed by atoms with Crippen molar-refractivity contribution in [2.45, 2.75) is 13.0 Å². The first-order chi connectivity index (χ1) is 8.65. The Morgan fingerprint density at radius 1 is 1.56 bits per heavy atom. The van der Waals surface area contributed by atoms with Crippen LogP contribution in [0.5, 0.6) is 0 Å². The summed E-state index contributed by atoms with van der Waals surface area (Å²) >= 11 is 10.6. The molecule has 1 atom stereocenters. The topological polar surface area (TPSA) is 20.7 Å². The summed E-state index contributed by atoms with van der Waals surface area (Å²) in [6.07, 6.45) is 1.24. The Hall–Kier alpha value is -0.330. The molecular formula is C12H12BrFN2S2. The number of aromatic amines is 1. The first kappa shape index (κ1) is 12.7. The van der Waals surface area contributed by atoms with Crippen LogP contribution in [-0.2, 0) is 6.54 Å². The number of nitrogens with one attached hydrogen (secondary N) is 1. The molecule has 0 bridgehead atoms.